The molecule has 0 unspecified atom stereocenters. The number of rotatable bonds is 6. The number of halogens is 1. The molecule has 0 saturated heterocycles. The van der Waals surface area contributed by atoms with Gasteiger partial charge in [0.15, 0.2) is 0 Å². The Balaban J connectivity index is 2.62. The minimum absolute atomic E-state index is 0.291. The van der Waals surface area contributed by atoms with Crippen LogP contribution in [0.25, 0.3) is 0 Å². The van der Waals surface area contributed by atoms with Crippen molar-refractivity contribution in [3.05, 3.63) is 29.6 Å². The van der Waals surface area contributed by atoms with Crippen LogP contribution >= 0.6 is 0 Å². The summed E-state index contributed by atoms with van der Waals surface area (Å²) in [7, 11) is 1.68. The summed E-state index contributed by atoms with van der Waals surface area (Å²) < 4.78 is 17.9. The highest BCUT2D eigenvalue weighted by molar-refractivity contribution is 5.46. The number of methoxy groups -OCH3 is 1. The van der Waals surface area contributed by atoms with Crippen molar-refractivity contribution in [2.24, 2.45) is 0 Å². The lowest BCUT2D eigenvalue weighted by Gasteiger charge is -2.20. The minimum atomic E-state index is -0.291. The fourth-order valence-corrected chi connectivity index (χ4v) is 1.52. The second kappa shape index (κ2) is 6.45. The predicted octanol–water partition coefficient (Wildman–Crippen LogP) is 1.88. The largest absolute Gasteiger partial charge is 0.398 e. The van der Waals surface area contributed by atoms with E-state index >= 15 is 0 Å². The molecule has 16 heavy (non-hydrogen) atoms. The van der Waals surface area contributed by atoms with Gasteiger partial charge in [-0.15, -0.1) is 0 Å². The van der Waals surface area contributed by atoms with Gasteiger partial charge in [0.1, 0.15) is 5.82 Å². The van der Waals surface area contributed by atoms with Gasteiger partial charge in [-0.1, -0.05) is 13.0 Å². The van der Waals surface area contributed by atoms with Crippen LogP contribution in [0, 0.1) is 5.82 Å². The Labute approximate surface area is 96.0 Å². The van der Waals surface area contributed by atoms with Gasteiger partial charge < -0.3 is 10.5 Å². The molecule has 0 aromatic heterocycles. The summed E-state index contributed by atoms with van der Waals surface area (Å²) in [5, 5.41) is 0. The van der Waals surface area contributed by atoms with Crippen molar-refractivity contribution in [2.75, 3.05) is 32.5 Å². The molecule has 1 aromatic rings. The topological polar surface area (TPSA) is 38.5 Å². The second-order valence-electron chi connectivity index (χ2n) is 3.70. The molecule has 90 valence electrons. The first kappa shape index (κ1) is 12.9. The zero-order chi connectivity index (χ0) is 12.0. The number of nitrogen functional groups attached to an aromatic ring is 1. The van der Waals surface area contributed by atoms with Gasteiger partial charge in [-0.2, -0.15) is 0 Å². The summed E-state index contributed by atoms with van der Waals surface area (Å²) >= 11 is 0. The molecule has 0 fully saturated rings. The highest BCUT2D eigenvalue weighted by Crippen LogP contribution is 2.15. The Kier molecular flexibility index (Phi) is 5.22. The lowest BCUT2D eigenvalue weighted by molar-refractivity contribution is 0.147. The third-order valence-electron chi connectivity index (χ3n) is 2.56. The van der Waals surface area contributed by atoms with Crippen molar-refractivity contribution in [3.63, 3.8) is 0 Å². The number of hydrogen-bond acceptors (Lipinski definition) is 3. The predicted molar refractivity (Wildman–Crippen MR) is 63.6 cm³/mol. The number of anilines is 1. The Morgan fingerprint density at radius 1 is 1.44 bits per heavy atom. The minimum Gasteiger partial charge on any atom is -0.398 e. The van der Waals surface area contributed by atoms with Gasteiger partial charge in [-0.05, 0) is 24.2 Å². The number of nitrogens with two attached hydrogens (primary N) is 1. The lowest BCUT2D eigenvalue weighted by Crippen LogP contribution is -2.27. The quantitative estimate of drug-likeness (QED) is 0.753. The Morgan fingerprint density at radius 3 is 2.75 bits per heavy atom. The molecule has 1 aromatic carbocycles. The Morgan fingerprint density at radius 2 is 2.19 bits per heavy atom. The molecule has 0 aliphatic rings. The van der Waals surface area contributed by atoms with Crippen LogP contribution in [0.2, 0.25) is 0 Å². The van der Waals surface area contributed by atoms with Crippen molar-refractivity contribution in [3.8, 4) is 0 Å². The molecule has 4 heteroatoms. The van der Waals surface area contributed by atoms with Crippen LogP contribution < -0.4 is 5.73 Å². The van der Waals surface area contributed by atoms with Gasteiger partial charge >= 0.3 is 0 Å². The van der Waals surface area contributed by atoms with Crippen LogP contribution in [0.15, 0.2) is 18.2 Å². The van der Waals surface area contributed by atoms with Crippen LogP contribution in [0.3, 0.4) is 0 Å². The highest BCUT2D eigenvalue weighted by Gasteiger charge is 2.06. The summed E-state index contributed by atoms with van der Waals surface area (Å²) in [6, 6.07) is 4.54. The molecule has 0 atom stereocenters. The van der Waals surface area contributed by atoms with E-state index < -0.39 is 0 Å². The molecule has 0 amide bonds. The Hall–Kier alpha value is -1.13. The van der Waals surface area contributed by atoms with Crippen LogP contribution in [0.4, 0.5) is 10.1 Å². The van der Waals surface area contributed by atoms with Gasteiger partial charge in [0.05, 0.1) is 6.61 Å². The molecule has 0 spiro atoms. The highest BCUT2D eigenvalue weighted by atomic mass is 19.1. The molecule has 0 aliphatic heterocycles. The second-order valence-corrected chi connectivity index (χ2v) is 3.70. The van der Waals surface area contributed by atoms with E-state index in [2.05, 4.69) is 11.8 Å². The van der Waals surface area contributed by atoms with Gasteiger partial charge in [0.2, 0.25) is 0 Å². The molecule has 1 rings (SSSR count). The van der Waals surface area contributed by atoms with Gasteiger partial charge in [0.25, 0.3) is 0 Å². The van der Waals surface area contributed by atoms with E-state index in [9.17, 15) is 4.39 Å². The first-order chi connectivity index (χ1) is 7.67. The monoisotopic (exact) mass is 226 g/mol. The van der Waals surface area contributed by atoms with E-state index in [4.69, 9.17) is 10.5 Å². The maximum Gasteiger partial charge on any atom is 0.125 e. The Bertz CT molecular complexity index is 331. The van der Waals surface area contributed by atoms with Crippen LogP contribution in [0.5, 0.6) is 0 Å². The summed E-state index contributed by atoms with van der Waals surface area (Å²) in [5.41, 5.74) is 7.22. The van der Waals surface area contributed by atoms with Gasteiger partial charge in [-0.25, -0.2) is 4.39 Å². The SMILES string of the molecule is CCN(CCOC)Cc1ccc(F)cc1N. The third kappa shape index (κ3) is 3.79. The van der Waals surface area contributed by atoms with Crippen LogP contribution in [-0.4, -0.2) is 31.7 Å². The van der Waals surface area contributed by atoms with Crippen molar-refractivity contribution in [1.29, 1.82) is 0 Å². The molecule has 0 saturated carbocycles. The van der Waals surface area contributed by atoms with Crippen molar-refractivity contribution in [2.45, 2.75) is 13.5 Å². The summed E-state index contributed by atoms with van der Waals surface area (Å²) in [6.45, 7) is 5.26. The smallest absolute Gasteiger partial charge is 0.125 e. The van der Waals surface area contributed by atoms with E-state index in [0.717, 1.165) is 25.2 Å². The fourth-order valence-electron chi connectivity index (χ4n) is 1.52. The van der Waals surface area contributed by atoms with Gasteiger partial charge in [-0.3, -0.25) is 4.90 Å². The van der Waals surface area contributed by atoms with E-state index in [1.165, 1.54) is 12.1 Å². The summed E-state index contributed by atoms with van der Waals surface area (Å²) in [4.78, 5) is 2.20. The summed E-state index contributed by atoms with van der Waals surface area (Å²) in [6.07, 6.45) is 0. The average molecular weight is 226 g/mol. The number of nitrogens with zero attached hydrogens (tertiary/aromatic N) is 1. The molecule has 2 N–H and O–H groups in total. The van der Waals surface area contributed by atoms with Crippen molar-refractivity contribution < 1.29 is 9.13 Å². The third-order valence-corrected chi connectivity index (χ3v) is 2.56. The first-order valence-electron chi connectivity index (χ1n) is 5.42. The zero-order valence-electron chi connectivity index (χ0n) is 9.87. The van der Waals surface area contributed by atoms with E-state index in [-0.39, 0.29) is 5.82 Å². The molecular weight excluding hydrogens is 207 g/mol. The molecular formula is C12H19FN2O. The van der Waals surface area contributed by atoms with Crippen molar-refractivity contribution >= 4 is 5.69 Å². The molecule has 0 aliphatic carbocycles. The normalized spacial score (nSPS) is 11.0. The van der Waals surface area contributed by atoms with E-state index in [1.807, 2.05) is 0 Å². The van der Waals surface area contributed by atoms with E-state index in [1.54, 1.807) is 13.2 Å². The van der Waals surface area contributed by atoms with Crippen LogP contribution in [0.1, 0.15) is 12.5 Å². The number of ether oxygens (including phenoxy) is 1. The number of hydrogen-bond donors (Lipinski definition) is 1. The average Bonchev–Trinajstić information content (AvgIpc) is 2.27. The van der Waals surface area contributed by atoms with E-state index in [0.29, 0.717) is 12.3 Å². The van der Waals surface area contributed by atoms with Crippen LogP contribution in [-0.2, 0) is 11.3 Å². The van der Waals surface area contributed by atoms with Gasteiger partial charge in [0, 0.05) is 25.9 Å². The number of likely N-dealkylation sites (N-methyl/N-ethyl adjacent to an activating group) is 1. The molecule has 0 heterocycles. The maximum absolute atomic E-state index is 12.9. The van der Waals surface area contributed by atoms with Crippen molar-refractivity contribution in [1.82, 2.24) is 4.90 Å². The maximum atomic E-state index is 12.9. The molecule has 0 radical (unpaired) electrons. The fraction of sp³-hybridized carbons (Fsp3) is 0.500. The summed E-state index contributed by atoms with van der Waals surface area (Å²) in [5.74, 6) is -0.291. The first-order valence-corrected chi connectivity index (χ1v) is 5.42. The molecule has 3 nitrogen and oxygen atoms in total. The standard InChI is InChI=1S/C12H19FN2O/c1-3-15(6-7-16-2)9-10-4-5-11(13)8-12(10)14/h4-5,8H,3,6-7,9,14H2,1-2H3. The zero-order valence-corrected chi connectivity index (χ0v) is 9.87. The number of benzene rings is 1. The lowest BCUT2D eigenvalue weighted by atomic mass is 10.1. The molecule has 0 bridgehead atoms.